The van der Waals surface area contributed by atoms with Crippen molar-refractivity contribution in [3.8, 4) is 0 Å². The highest BCUT2D eigenvalue weighted by atomic mass is 79.9. The number of hydrogen-bond donors (Lipinski definition) is 1. The number of nitrogens with zero attached hydrogens (tertiary/aromatic N) is 2. The first-order valence-electron chi connectivity index (χ1n) is 5.80. The van der Waals surface area contributed by atoms with E-state index in [0.29, 0.717) is 11.5 Å². The molecular formula is C11H20BrN3OS. The first kappa shape index (κ1) is 14.9. The molecule has 0 amide bonds. The van der Waals surface area contributed by atoms with Crippen LogP contribution in [0.25, 0.3) is 0 Å². The van der Waals surface area contributed by atoms with Gasteiger partial charge in [0.15, 0.2) is 0 Å². The fraction of sp³-hybridized carbons (Fsp3) is 0.727. The minimum absolute atomic E-state index is 0.0217. The third-order valence-electron chi connectivity index (χ3n) is 2.73. The Labute approximate surface area is 114 Å². The lowest BCUT2D eigenvalue weighted by Gasteiger charge is -2.08. The van der Waals surface area contributed by atoms with Gasteiger partial charge in [0, 0.05) is 29.6 Å². The number of nitrogens with two attached hydrogens (primary N) is 1. The molecule has 2 N–H and O–H groups in total. The zero-order valence-corrected chi connectivity index (χ0v) is 13.0. The molecule has 1 aromatic heterocycles. The van der Waals surface area contributed by atoms with Gasteiger partial charge >= 0.3 is 0 Å². The van der Waals surface area contributed by atoms with Crippen LogP contribution in [0.5, 0.6) is 0 Å². The predicted molar refractivity (Wildman–Crippen MR) is 75.3 cm³/mol. The van der Waals surface area contributed by atoms with Crippen LogP contribution in [-0.4, -0.2) is 25.8 Å². The summed E-state index contributed by atoms with van der Waals surface area (Å²) in [6.07, 6.45) is 1.73. The standard InChI is InChI=1S/C11H20BrN3OS/c1-4-8(13)6-17(16)7-10-11(12)9(5-2)14-15(10)3/h8H,4-7,13H2,1-3H3. The monoisotopic (exact) mass is 321 g/mol. The zero-order chi connectivity index (χ0) is 13.0. The van der Waals surface area contributed by atoms with Crippen molar-refractivity contribution >= 4 is 26.7 Å². The van der Waals surface area contributed by atoms with E-state index in [1.165, 1.54) is 0 Å². The van der Waals surface area contributed by atoms with Crippen molar-refractivity contribution < 1.29 is 4.21 Å². The van der Waals surface area contributed by atoms with E-state index in [4.69, 9.17) is 5.73 Å². The summed E-state index contributed by atoms with van der Waals surface area (Å²) >= 11 is 3.53. The van der Waals surface area contributed by atoms with Crippen molar-refractivity contribution in [1.29, 1.82) is 0 Å². The summed E-state index contributed by atoms with van der Waals surface area (Å²) in [6.45, 7) is 4.07. The molecule has 1 heterocycles. The number of aromatic nitrogens is 2. The van der Waals surface area contributed by atoms with Gasteiger partial charge in [-0.15, -0.1) is 0 Å². The van der Waals surface area contributed by atoms with E-state index in [1.54, 1.807) is 4.68 Å². The largest absolute Gasteiger partial charge is 0.327 e. The second kappa shape index (κ2) is 6.66. The molecule has 1 rings (SSSR count). The van der Waals surface area contributed by atoms with Crippen LogP contribution >= 0.6 is 15.9 Å². The van der Waals surface area contributed by atoms with Gasteiger partial charge < -0.3 is 5.73 Å². The van der Waals surface area contributed by atoms with Crippen LogP contribution < -0.4 is 5.73 Å². The van der Waals surface area contributed by atoms with Gasteiger partial charge in [-0.2, -0.15) is 5.10 Å². The lowest BCUT2D eigenvalue weighted by Crippen LogP contribution is -2.26. The lowest BCUT2D eigenvalue weighted by atomic mass is 10.3. The van der Waals surface area contributed by atoms with Crippen molar-refractivity contribution in [1.82, 2.24) is 9.78 Å². The number of halogens is 1. The molecule has 98 valence electrons. The van der Waals surface area contributed by atoms with Crippen LogP contribution in [0.2, 0.25) is 0 Å². The van der Waals surface area contributed by atoms with Gasteiger partial charge in [-0.05, 0) is 28.8 Å². The van der Waals surface area contributed by atoms with E-state index in [1.807, 2.05) is 14.0 Å². The molecule has 0 spiro atoms. The Bertz CT molecular complexity index is 406. The van der Waals surface area contributed by atoms with Crippen LogP contribution in [0.3, 0.4) is 0 Å². The zero-order valence-electron chi connectivity index (χ0n) is 10.6. The minimum atomic E-state index is -0.926. The molecule has 0 aliphatic carbocycles. The Balaban J connectivity index is 2.74. The summed E-state index contributed by atoms with van der Waals surface area (Å²) < 4.78 is 14.7. The summed E-state index contributed by atoms with van der Waals surface area (Å²) in [6, 6.07) is 0.0217. The lowest BCUT2D eigenvalue weighted by molar-refractivity contribution is 0.658. The maximum Gasteiger partial charge on any atom is 0.0767 e. The maximum atomic E-state index is 12.0. The molecule has 0 saturated heterocycles. The second-order valence-corrected chi connectivity index (χ2v) is 6.40. The Morgan fingerprint density at radius 2 is 2.18 bits per heavy atom. The molecule has 0 aromatic carbocycles. The molecule has 2 atom stereocenters. The Morgan fingerprint density at radius 1 is 1.53 bits per heavy atom. The third-order valence-corrected chi connectivity index (χ3v) is 5.04. The molecule has 0 aliphatic heterocycles. The Kier molecular flexibility index (Phi) is 5.82. The van der Waals surface area contributed by atoms with Crippen LogP contribution in [0, 0.1) is 0 Å². The summed E-state index contributed by atoms with van der Waals surface area (Å²) in [5, 5.41) is 4.39. The SMILES string of the molecule is CCc1nn(C)c(CS(=O)CC(N)CC)c1Br. The van der Waals surface area contributed by atoms with Gasteiger partial charge in [0.25, 0.3) is 0 Å². The molecule has 4 nitrogen and oxygen atoms in total. The Hall–Kier alpha value is -0.200. The summed E-state index contributed by atoms with van der Waals surface area (Å²) in [5.74, 6) is 1.06. The van der Waals surface area contributed by atoms with Gasteiger partial charge in [-0.25, -0.2) is 0 Å². The third kappa shape index (κ3) is 3.89. The molecular weight excluding hydrogens is 302 g/mol. The van der Waals surface area contributed by atoms with E-state index >= 15 is 0 Å². The highest BCUT2D eigenvalue weighted by molar-refractivity contribution is 9.10. The fourth-order valence-electron chi connectivity index (χ4n) is 1.54. The number of hydrogen-bond acceptors (Lipinski definition) is 3. The van der Waals surface area contributed by atoms with Gasteiger partial charge in [0.2, 0.25) is 0 Å². The van der Waals surface area contributed by atoms with Crippen molar-refractivity contribution in [3.05, 3.63) is 15.9 Å². The van der Waals surface area contributed by atoms with Crippen molar-refractivity contribution in [2.24, 2.45) is 12.8 Å². The van der Waals surface area contributed by atoms with Crippen LogP contribution in [0.4, 0.5) is 0 Å². The van der Waals surface area contributed by atoms with E-state index in [-0.39, 0.29) is 6.04 Å². The van der Waals surface area contributed by atoms with Crippen LogP contribution in [-0.2, 0) is 30.0 Å². The molecule has 0 saturated carbocycles. The van der Waals surface area contributed by atoms with Gasteiger partial charge in [-0.1, -0.05) is 13.8 Å². The molecule has 0 fully saturated rings. The minimum Gasteiger partial charge on any atom is -0.327 e. The van der Waals surface area contributed by atoms with Crippen molar-refractivity contribution in [3.63, 3.8) is 0 Å². The number of rotatable bonds is 6. The van der Waals surface area contributed by atoms with Gasteiger partial charge in [0.1, 0.15) is 0 Å². The summed E-state index contributed by atoms with van der Waals surface area (Å²) in [7, 11) is 0.959. The average molecular weight is 322 g/mol. The fourth-order valence-corrected chi connectivity index (χ4v) is 3.95. The molecule has 0 radical (unpaired) electrons. The smallest absolute Gasteiger partial charge is 0.0767 e. The summed E-state index contributed by atoms with van der Waals surface area (Å²) in [5.41, 5.74) is 7.81. The first-order chi connectivity index (χ1) is 7.99. The molecule has 1 aromatic rings. The maximum absolute atomic E-state index is 12.0. The first-order valence-corrected chi connectivity index (χ1v) is 8.08. The second-order valence-electron chi connectivity index (χ2n) is 4.10. The highest BCUT2D eigenvalue weighted by Crippen LogP contribution is 2.22. The van der Waals surface area contributed by atoms with E-state index in [9.17, 15) is 4.21 Å². The number of aryl methyl sites for hydroxylation is 2. The normalized spacial score (nSPS) is 14.9. The van der Waals surface area contributed by atoms with E-state index in [2.05, 4.69) is 28.0 Å². The quantitative estimate of drug-likeness (QED) is 0.868. The average Bonchev–Trinajstić information content (AvgIpc) is 2.56. The molecule has 6 heteroatoms. The molecule has 2 unspecified atom stereocenters. The summed E-state index contributed by atoms with van der Waals surface area (Å²) in [4.78, 5) is 0. The van der Waals surface area contributed by atoms with Gasteiger partial charge in [0.05, 0.1) is 21.6 Å². The molecule has 17 heavy (non-hydrogen) atoms. The predicted octanol–water partition coefficient (Wildman–Crippen LogP) is 1.73. The molecule has 0 aliphatic rings. The van der Waals surface area contributed by atoms with E-state index in [0.717, 1.165) is 28.7 Å². The topological polar surface area (TPSA) is 60.9 Å². The van der Waals surface area contributed by atoms with E-state index < -0.39 is 10.8 Å². The Morgan fingerprint density at radius 3 is 2.65 bits per heavy atom. The van der Waals surface area contributed by atoms with Crippen LogP contribution in [0.15, 0.2) is 4.47 Å². The van der Waals surface area contributed by atoms with Crippen molar-refractivity contribution in [2.75, 3.05) is 5.75 Å². The van der Waals surface area contributed by atoms with Crippen LogP contribution in [0.1, 0.15) is 31.7 Å². The molecule has 0 bridgehead atoms. The van der Waals surface area contributed by atoms with Gasteiger partial charge in [-0.3, -0.25) is 8.89 Å². The van der Waals surface area contributed by atoms with Crippen molar-refractivity contribution in [2.45, 2.75) is 38.5 Å². The highest BCUT2D eigenvalue weighted by Gasteiger charge is 2.16.